The lowest BCUT2D eigenvalue weighted by molar-refractivity contribution is 0.550. The summed E-state index contributed by atoms with van der Waals surface area (Å²) in [5, 5.41) is 3.93. The molecule has 1 heterocycles. The van der Waals surface area contributed by atoms with Gasteiger partial charge in [0.05, 0.1) is 11.7 Å². The molecule has 0 spiro atoms. The van der Waals surface area contributed by atoms with Crippen molar-refractivity contribution in [3.05, 3.63) is 51.0 Å². The first-order chi connectivity index (χ1) is 9.19. The third kappa shape index (κ3) is 2.28. The Morgan fingerprint density at radius 1 is 1.32 bits per heavy atom. The van der Waals surface area contributed by atoms with Crippen LogP contribution in [0.4, 0.5) is 8.78 Å². The summed E-state index contributed by atoms with van der Waals surface area (Å²) in [6, 6.07) is 3.37. The highest BCUT2D eigenvalue weighted by Gasteiger charge is 2.24. The molecule has 1 unspecified atom stereocenters. The molecule has 0 saturated heterocycles. The van der Waals surface area contributed by atoms with Crippen LogP contribution in [-0.2, 0) is 12.8 Å². The van der Waals surface area contributed by atoms with E-state index in [1.54, 1.807) is 18.4 Å². The van der Waals surface area contributed by atoms with E-state index in [9.17, 15) is 8.78 Å². The summed E-state index contributed by atoms with van der Waals surface area (Å²) in [6.45, 7) is 0. The molecule has 0 saturated carbocycles. The molecule has 3 rings (SSSR count). The number of rotatable bonds is 3. The maximum Gasteiger partial charge on any atom is 0.131 e. The van der Waals surface area contributed by atoms with Crippen LogP contribution in [0.25, 0.3) is 0 Å². The van der Waals surface area contributed by atoms with Gasteiger partial charge >= 0.3 is 0 Å². The van der Waals surface area contributed by atoms with E-state index in [-0.39, 0.29) is 6.04 Å². The topological polar surface area (TPSA) is 24.9 Å². The second-order valence-corrected chi connectivity index (χ2v) is 5.78. The Bertz CT molecular complexity index is 588. The Morgan fingerprint density at radius 2 is 2.16 bits per heavy atom. The zero-order valence-electron chi connectivity index (χ0n) is 10.5. The molecule has 1 aliphatic carbocycles. The Morgan fingerprint density at radius 3 is 2.84 bits per heavy atom. The fourth-order valence-electron chi connectivity index (χ4n) is 2.48. The van der Waals surface area contributed by atoms with Crippen LogP contribution < -0.4 is 5.32 Å². The summed E-state index contributed by atoms with van der Waals surface area (Å²) in [5.41, 5.74) is 1.58. The van der Waals surface area contributed by atoms with Gasteiger partial charge in [0.25, 0.3) is 0 Å². The number of fused-ring (bicyclic) bond motifs is 1. The van der Waals surface area contributed by atoms with Gasteiger partial charge in [-0.1, -0.05) is 6.07 Å². The van der Waals surface area contributed by atoms with E-state index in [2.05, 4.69) is 10.3 Å². The number of nitrogens with one attached hydrogen (secondary N) is 1. The molecule has 1 N–H and O–H groups in total. The molecule has 0 aliphatic heterocycles. The number of hydrogen-bond acceptors (Lipinski definition) is 3. The molecule has 5 heteroatoms. The smallest absolute Gasteiger partial charge is 0.131 e. The minimum absolute atomic E-state index is 0.309. The highest BCUT2D eigenvalue weighted by atomic mass is 32.1. The first-order valence-corrected chi connectivity index (χ1v) is 7.11. The molecule has 1 atom stereocenters. The summed E-state index contributed by atoms with van der Waals surface area (Å²) in [7, 11) is 1.76. The first kappa shape index (κ1) is 12.7. The fraction of sp³-hybridized carbons (Fsp3) is 0.357. The number of halogens is 2. The Kier molecular flexibility index (Phi) is 3.33. The lowest BCUT2D eigenvalue weighted by Crippen LogP contribution is -2.19. The van der Waals surface area contributed by atoms with Crippen molar-refractivity contribution in [3.63, 3.8) is 0 Å². The minimum atomic E-state index is -0.558. The van der Waals surface area contributed by atoms with Crippen molar-refractivity contribution in [1.29, 1.82) is 0 Å². The monoisotopic (exact) mass is 280 g/mol. The summed E-state index contributed by atoms with van der Waals surface area (Å²) in [5.74, 6) is -1.09. The van der Waals surface area contributed by atoms with E-state index in [4.69, 9.17) is 0 Å². The van der Waals surface area contributed by atoms with Crippen LogP contribution in [0.2, 0.25) is 0 Å². The van der Waals surface area contributed by atoms with Gasteiger partial charge in [-0.05, 0) is 32.4 Å². The first-order valence-electron chi connectivity index (χ1n) is 6.29. The van der Waals surface area contributed by atoms with E-state index in [0.717, 1.165) is 36.0 Å². The molecular weight excluding hydrogens is 266 g/mol. The Hall–Kier alpha value is -1.33. The molecule has 19 heavy (non-hydrogen) atoms. The SMILES string of the molecule is CNC(c1nc2c(s1)CCC2)c1ccc(F)cc1F. The van der Waals surface area contributed by atoms with Crippen LogP contribution in [0.5, 0.6) is 0 Å². The second kappa shape index (κ2) is 4.98. The van der Waals surface area contributed by atoms with Gasteiger partial charge in [0.1, 0.15) is 16.6 Å². The fourth-order valence-corrected chi connectivity index (χ4v) is 3.76. The van der Waals surface area contributed by atoms with Gasteiger partial charge in [-0.2, -0.15) is 0 Å². The summed E-state index contributed by atoms with van der Waals surface area (Å²) >= 11 is 1.63. The zero-order chi connectivity index (χ0) is 13.4. The van der Waals surface area contributed by atoms with Crippen molar-refractivity contribution in [2.75, 3.05) is 7.05 Å². The van der Waals surface area contributed by atoms with Crippen LogP contribution in [0.3, 0.4) is 0 Å². The van der Waals surface area contributed by atoms with Gasteiger partial charge in [0, 0.05) is 16.5 Å². The number of hydrogen-bond donors (Lipinski definition) is 1. The normalized spacial score (nSPS) is 15.5. The predicted molar refractivity (Wildman–Crippen MR) is 71.4 cm³/mol. The van der Waals surface area contributed by atoms with E-state index in [1.165, 1.54) is 17.0 Å². The predicted octanol–water partition coefficient (Wildman–Crippen LogP) is 3.22. The van der Waals surface area contributed by atoms with Crippen LogP contribution in [0.1, 0.15) is 33.6 Å². The standard InChI is InChI=1S/C14H14F2N2S/c1-17-13(9-6-5-8(15)7-10(9)16)14-18-11-3-2-4-12(11)19-14/h5-7,13,17H,2-4H2,1H3. The third-order valence-corrected chi connectivity index (χ3v) is 4.64. The quantitative estimate of drug-likeness (QED) is 0.933. The Labute approximate surface area is 114 Å². The lowest BCUT2D eigenvalue weighted by atomic mass is 10.1. The van der Waals surface area contributed by atoms with Crippen molar-refractivity contribution >= 4 is 11.3 Å². The molecule has 100 valence electrons. The second-order valence-electron chi connectivity index (χ2n) is 4.66. The molecule has 0 fully saturated rings. The van der Waals surface area contributed by atoms with Crippen molar-refractivity contribution < 1.29 is 8.78 Å². The van der Waals surface area contributed by atoms with Gasteiger partial charge in [-0.3, -0.25) is 0 Å². The third-order valence-electron chi connectivity index (χ3n) is 3.42. The molecular formula is C14H14F2N2S. The summed E-state index contributed by atoms with van der Waals surface area (Å²) < 4.78 is 26.8. The summed E-state index contributed by atoms with van der Waals surface area (Å²) in [6.07, 6.45) is 3.23. The maximum atomic E-state index is 13.9. The minimum Gasteiger partial charge on any atom is -0.307 e. The molecule has 2 aromatic rings. The van der Waals surface area contributed by atoms with Gasteiger partial charge in [0.15, 0.2) is 0 Å². The van der Waals surface area contributed by atoms with Gasteiger partial charge in [0.2, 0.25) is 0 Å². The zero-order valence-corrected chi connectivity index (χ0v) is 11.4. The van der Waals surface area contributed by atoms with Crippen LogP contribution in [-0.4, -0.2) is 12.0 Å². The average Bonchev–Trinajstić information content (AvgIpc) is 2.93. The highest BCUT2D eigenvalue weighted by Crippen LogP contribution is 2.33. The maximum absolute atomic E-state index is 13.9. The number of aryl methyl sites for hydroxylation is 2. The lowest BCUT2D eigenvalue weighted by Gasteiger charge is -2.15. The molecule has 0 bridgehead atoms. The number of nitrogens with zero attached hydrogens (tertiary/aromatic N) is 1. The number of aromatic nitrogens is 1. The van der Waals surface area contributed by atoms with Crippen LogP contribution in [0.15, 0.2) is 18.2 Å². The van der Waals surface area contributed by atoms with Crippen molar-refractivity contribution in [1.82, 2.24) is 10.3 Å². The molecule has 1 aliphatic rings. The van der Waals surface area contributed by atoms with E-state index >= 15 is 0 Å². The number of thiazole rings is 1. The molecule has 2 nitrogen and oxygen atoms in total. The van der Waals surface area contributed by atoms with E-state index in [0.29, 0.717) is 5.56 Å². The van der Waals surface area contributed by atoms with Crippen molar-refractivity contribution in [2.24, 2.45) is 0 Å². The van der Waals surface area contributed by atoms with Crippen molar-refractivity contribution in [3.8, 4) is 0 Å². The highest BCUT2D eigenvalue weighted by molar-refractivity contribution is 7.11. The Balaban J connectivity index is 1.99. The van der Waals surface area contributed by atoms with Gasteiger partial charge < -0.3 is 5.32 Å². The largest absolute Gasteiger partial charge is 0.307 e. The average molecular weight is 280 g/mol. The number of benzene rings is 1. The molecule has 1 aromatic heterocycles. The van der Waals surface area contributed by atoms with Gasteiger partial charge in [-0.25, -0.2) is 13.8 Å². The van der Waals surface area contributed by atoms with Crippen molar-refractivity contribution in [2.45, 2.75) is 25.3 Å². The van der Waals surface area contributed by atoms with E-state index in [1.807, 2.05) is 0 Å². The van der Waals surface area contributed by atoms with Crippen LogP contribution >= 0.6 is 11.3 Å². The molecule has 0 amide bonds. The van der Waals surface area contributed by atoms with E-state index < -0.39 is 11.6 Å². The summed E-state index contributed by atoms with van der Waals surface area (Å²) in [4.78, 5) is 5.90. The van der Waals surface area contributed by atoms with Gasteiger partial charge in [-0.15, -0.1) is 11.3 Å². The molecule has 1 aromatic carbocycles. The molecule has 0 radical (unpaired) electrons. The van der Waals surface area contributed by atoms with Crippen LogP contribution in [0, 0.1) is 11.6 Å².